The van der Waals surface area contributed by atoms with Crippen LogP contribution in [0.5, 0.6) is 0 Å². The van der Waals surface area contributed by atoms with E-state index < -0.39 is 5.54 Å². The highest BCUT2D eigenvalue weighted by Crippen LogP contribution is 2.33. The van der Waals surface area contributed by atoms with Gasteiger partial charge in [-0.05, 0) is 19.3 Å². The summed E-state index contributed by atoms with van der Waals surface area (Å²) in [5.74, 6) is -0.102. The molecule has 14 heavy (non-hydrogen) atoms. The van der Waals surface area contributed by atoms with Crippen molar-refractivity contribution in [2.45, 2.75) is 31.7 Å². The van der Waals surface area contributed by atoms with Gasteiger partial charge in [0.2, 0.25) is 5.91 Å². The third kappa shape index (κ3) is 1.78. The van der Waals surface area contributed by atoms with Crippen LogP contribution in [0.3, 0.4) is 0 Å². The Morgan fingerprint density at radius 3 is 3.00 bits per heavy atom. The minimum atomic E-state index is -0.613. The monoisotopic (exact) mass is 211 g/mol. The summed E-state index contributed by atoms with van der Waals surface area (Å²) >= 11 is 1.51. The molecule has 1 heterocycles. The predicted octanol–water partition coefficient (Wildman–Crippen LogP) is 1.14. The highest BCUT2D eigenvalue weighted by Gasteiger charge is 2.46. The van der Waals surface area contributed by atoms with Gasteiger partial charge in [0.15, 0.2) is 5.13 Å². The van der Waals surface area contributed by atoms with Gasteiger partial charge in [-0.2, -0.15) is 0 Å². The van der Waals surface area contributed by atoms with E-state index in [1.165, 1.54) is 16.2 Å². The lowest BCUT2D eigenvalue weighted by molar-refractivity contribution is -0.118. The van der Waals surface area contributed by atoms with E-state index >= 15 is 0 Å². The van der Waals surface area contributed by atoms with Gasteiger partial charge in [-0.3, -0.25) is 4.79 Å². The molecule has 0 saturated heterocycles. The Bertz CT molecular complexity index is 357. The summed E-state index contributed by atoms with van der Waals surface area (Å²) in [5.41, 5.74) is 5.13. The van der Waals surface area contributed by atoms with Gasteiger partial charge < -0.3 is 11.1 Å². The number of aromatic nitrogens is 1. The van der Waals surface area contributed by atoms with Crippen LogP contribution in [0.4, 0.5) is 5.13 Å². The number of rotatable bonds is 3. The topological polar surface area (TPSA) is 68.0 Å². The first kappa shape index (κ1) is 9.61. The highest BCUT2D eigenvalue weighted by molar-refractivity contribution is 7.15. The first-order valence-corrected chi connectivity index (χ1v) is 5.51. The molecule has 1 aliphatic carbocycles. The molecule has 5 heteroatoms. The second-order valence-electron chi connectivity index (χ2n) is 3.60. The molecule has 1 saturated carbocycles. The van der Waals surface area contributed by atoms with Gasteiger partial charge in [0, 0.05) is 11.1 Å². The molecule has 0 aliphatic heterocycles. The zero-order chi connectivity index (χ0) is 10.2. The van der Waals surface area contributed by atoms with Crippen LogP contribution < -0.4 is 11.1 Å². The fraction of sp³-hybridized carbons (Fsp3) is 0.556. The number of thiazole rings is 1. The normalized spacial score (nSPS) is 17.9. The zero-order valence-electron chi connectivity index (χ0n) is 8.04. The SMILES string of the molecule is CCc1cnc(NC(=O)C2(N)CC2)s1. The maximum atomic E-state index is 11.5. The Hall–Kier alpha value is -0.940. The van der Waals surface area contributed by atoms with E-state index in [0.29, 0.717) is 5.13 Å². The van der Waals surface area contributed by atoms with Crippen molar-refractivity contribution >= 4 is 22.4 Å². The molecule has 1 fully saturated rings. The molecule has 2 rings (SSSR count). The van der Waals surface area contributed by atoms with Crippen LogP contribution in [0, 0.1) is 0 Å². The lowest BCUT2D eigenvalue weighted by Gasteiger charge is -2.06. The number of nitrogens with one attached hydrogen (secondary N) is 1. The molecule has 0 spiro atoms. The van der Waals surface area contributed by atoms with Gasteiger partial charge >= 0.3 is 0 Å². The Morgan fingerprint density at radius 1 is 1.79 bits per heavy atom. The number of anilines is 1. The van der Waals surface area contributed by atoms with E-state index in [-0.39, 0.29) is 5.91 Å². The predicted molar refractivity (Wildman–Crippen MR) is 56.3 cm³/mol. The van der Waals surface area contributed by atoms with Crippen molar-refractivity contribution in [2.75, 3.05) is 5.32 Å². The molecule has 0 bridgehead atoms. The van der Waals surface area contributed by atoms with Crippen molar-refractivity contribution in [3.63, 3.8) is 0 Å². The Labute approximate surface area is 86.5 Å². The van der Waals surface area contributed by atoms with Gasteiger partial charge in [0.05, 0.1) is 5.54 Å². The third-order valence-electron chi connectivity index (χ3n) is 2.36. The largest absolute Gasteiger partial charge is 0.317 e. The quantitative estimate of drug-likeness (QED) is 0.787. The standard InChI is InChI=1S/C9H13N3OS/c1-2-6-5-11-8(14-6)12-7(13)9(10)3-4-9/h5H,2-4,10H2,1H3,(H,11,12,13). The molecule has 4 nitrogen and oxygen atoms in total. The van der Waals surface area contributed by atoms with Gasteiger partial charge in [-0.25, -0.2) is 4.98 Å². The number of aryl methyl sites for hydroxylation is 1. The number of hydrogen-bond acceptors (Lipinski definition) is 4. The fourth-order valence-electron chi connectivity index (χ4n) is 1.11. The average Bonchev–Trinajstić information content (AvgIpc) is 2.77. The smallest absolute Gasteiger partial charge is 0.246 e. The van der Waals surface area contributed by atoms with Crippen LogP contribution in [-0.2, 0) is 11.2 Å². The summed E-state index contributed by atoms with van der Waals surface area (Å²) in [7, 11) is 0. The third-order valence-corrected chi connectivity index (χ3v) is 3.42. The van der Waals surface area contributed by atoms with E-state index in [1.54, 1.807) is 6.20 Å². The van der Waals surface area contributed by atoms with Crippen molar-refractivity contribution in [1.82, 2.24) is 4.98 Å². The maximum absolute atomic E-state index is 11.5. The number of nitrogens with zero attached hydrogens (tertiary/aromatic N) is 1. The van der Waals surface area contributed by atoms with E-state index in [0.717, 1.165) is 19.3 Å². The van der Waals surface area contributed by atoms with Crippen LogP contribution >= 0.6 is 11.3 Å². The second-order valence-corrected chi connectivity index (χ2v) is 4.71. The molecular formula is C9H13N3OS. The lowest BCUT2D eigenvalue weighted by Crippen LogP contribution is -2.37. The summed E-state index contributed by atoms with van der Waals surface area (Å²) in [4.78, 5) is 16.8. The molecule has 3 N–H and O–H groups in total. The van der Waals surface area contributed by atoms with Crippen LogP contribution in [0.2, 0.25) is 0 Å². The number of hydrogen-bond donors (Lipinski definition) is 2. The molecule has 0 radical (unpaired) electrons. The second kappa shape index (κ2) is 3.33. The van der Waals surface area contributed by atoms with Crippen LogP contribution in [0.25, 0.3) is 0 Å². The van der Waals surface area contributed by atoms with E-state index in [9.17, 15) is 4.79 Å². The Balaban J connectivity index is 2.00. The molecule has 0 aromatic carbocycles. The first-order valence-electron chi connectivity index (χ1n) is 4.69. The minimum Gasteiger partial charge on any atom is -0.317 e. The van der Waals surface area contributed by atoms with Gasteiger partial charge in [0.25, 0.3) is 0 Å². The molecule has 1 amide bonds. The first-order chi connectivity index (χ1) is 6.64. The number of carbonyl (C=O) groups excluding carboxylic acids is 1. The maximum Gasteiger partial charge on any atom is 0.246 e. The van der Waals surface area contributed by atoms with E-state index in [1.807, 2.05) is 0 Å². The number of carbonyl (C=O) groups is 1. The van der Waals surface area contributed by atoms with Crippen molar-refractivity contribution in [1.29, 1.82) is 0 Å². The summed E-state index contributed by atoms with van der Waals surface area (Å²) in [5, 5.41) is 3.40. The summed E-state index contributed by atoms with van der Waals surface area (Å²) in [6.45, 7) is 2.06. The molecule has 1 aliphatic rings. The highest BCUT2D eigenvalue weighted by atomic mass is 32.1. The fourth-order valence-corrected chi connectivity index (χ4v) is 1.86. The van der Waals surface area contributed by atoms with Crippen LogP contribution in [0.15, 0.2) is 6.20 Å². The van der Waals surface area contributed by atoms with E-state index in [2.05, 4.69) is 17.2 Å². The number of nitrogens with two attached hydrogens (primary N) is 1. The van der Waals surface area contributed by atoms with Crippen LogP contribution in [0.1, 0.15) is 24.6 Å². The summed E-state index contributed by atoms with van der Waals surface area (Å²) in [6, 6.07) is 0. The van der Waals surface area contributed by atoms with Crippen molar-refractivity contribution in [3.8, 4) is 0 Å². The number of amides is 1. The lowest BCUT2D eigenvalue weighted by atomic mass is 10.3. The molecule has 0 unspecified atom stereocenters. The molecule has 0 atom stereocenters. The van der Waals surface area contributed by atoms with Gasteiger partial charge in [-0.1, -0.05) is 6.92 Å². The molecule has 1 aromatic rings. The zero-order valence-corrected chi connectivity index (χ0v) is 8.86. The van der Waals surface area contributed by atoms with Gasteiger partial charge in [-0.15, -0.1) is 11.3 Å². The minimum absolute atomic E-state index is 0.102. The van der Waals surface area contributed by atoms with Crippen molar-refractivity contribution < 1.29 is 4.79 Å². The summed E-state index contributed by atoms with van der Waals surface area (Å²) in [6.07, 6.45) is 4.30. The molecule has 76 valence electrons. The average molecular weight is 211 g/mol. The Morgan fingerprint density at radius 2 is 2.50 bits per heavy atom. The van der Waals surface area contributed by atoms with Gasteiger partial charge in [0.1, 0.15) is 0 Å². The van der Waals surface area contributed by atoms with E-state index in [4.69, 9.17) is 5.73 Å². The molecule has 1 aromatic heterocycles. The molecular weight excluding hydrogens is 198 g/mol. The van der Waals surface area contributed by atoms with Crippen molar-refractivity contribution in [2.24, 2.45) is 5.73 Å². The van der Waals surface area contributed by atoms with Crippen molar-refractivity contribution in [3.05, 3.63) is 11.1 Å². The summed E-state index contributed by atoms with van der Waals surface area (Å²) < 4.78 is 0. The Kier molecular flexibility index (Phi) is 2.28. The van der Waals surface area contributed by atoms with Crippen LogP contribution in [-0.4, -0.2) is 16.4 Å².